The zero-order valence-corrected chi connectivity index (χ0v) is 14.9. The van der Waals surface area contributed by atoms with Gasteiger partial charge in [0.25, 0.3) is 5.91 Å². The van der Waals surface area contributed by atoms with Crippen molar-refractivity contribution in [3.8, 4) is 5.75 Å². The first kappa shape index (κ1) is 18.4. The highest BCUT2D eigenvalue weighted by molar-refractivity contribution is 6.05. The van der Waals surface area contributed by atoms with Crippen molar-refractivity contribution < 1.29 is 19.1 Å². The number of hydrogen-bond acceptors (Lipinski definition) is 5. The van der Waals surface area contributed by atoms with Crippen LogP contribution in [0.5, 0.6) is 5.75 Å². The number of carbonyl (C=O) groups is 3. The molecule has 1 atom stereocenters. The number of urea groups is 1. The third-order valence-corrected chi connectivity index (χ3v) is 4.24. The molecule has 0 spiro atoms. The lowest BCUT2D eigenvalue weighted by Crippen LogP contribution is -2.37. The van der Waals surface area contributed by atoms with Gasteiger partial charge in [-0.15, -0.1) is 0 Å². The van der Waals surface area contributed by atoms with Crippen molar-refractivity contribution in [3.05, 3.63) is 48.3 Å². The van der Waals surface area contributed by atoms with Crippen molar-refractivity contribution in [1.82, 2.24) is 25.3 Å². The molecule has 1 fully saturated rings. The Labute approximate surface area is 156 Å². The van der Waals surface area contributed by atoms with Gasteiger partial charge in [0.2, 0.25) is 5.91 Å². The van der Waals surface area contributed by atoms with Crippen LogP contribution in [0, 0.1) is 0 Å². The fraction of sp³-hybridized carbons (Fsp3) is 0.333. The summed E-state index contributed by atoms with van der Waals surface area (Å²) in [5.74, 6) is -0.133. The molecule has 4 amide bonds. The molecule has 2 N–H and O–H groups in total. The van der Waals surface area contributed by atoms with Gasteiger partial charge in [-0.05, 0) is 12.1 Å². The molecular weight excluding hydrogens is 350 g/mol. The molecule has 1 unspecified atom stereocenters. The van der Waals surface area contributed by atoms with Crippen molar-refractivity contribution in [2.45, 2.75) is 25.6 Å². The van der Waals surface area contributed by atoms with Gasteiger partial charge in [-0.2, -0.15) is 5.10 Å². The van der Waals surface area contributed by atoms with E-state index in [0.717, 1.165) is 4.90 Å². The third-order valence-electron chi connectivity index (χ3n) is 4.24. The van der Waals surface area contributed by atoms with Gasteiger partial charge >= 0.3 is 6.03 Å². The van der Waals surface area contributed by atoms with E-state index in [1.807, 2.05) is 6.07 Å². The number of nitrogens with one attached hydrogen (secondary N) is 2. The minimum absolute atomic E-state index is 0.0894. The minimum atomic E-state index is -0.864. The third kappa shape index (κ3) is 4.43. The molecule has 3 rings (SSSR count). The summed E-state index contributed by atoms with van der Waals surface area (Å²) < 4.78 is 6.94. The van der Waals surface area contributed by atoms with Gasteiger partial charge in [0.05, 0.1) is 26.6 Å². The highest BCUT2D eigenvalue weighted by Gasteiger charge is 2.39. The highest BCUT2D eigenvalue weighted by atomic mass is 16.5. The van der Waals surface area contributed by atoms with Crippen molar-refractivity contribution >= 4 is 17.8 Å². The van der Waals surface area contributed by atoms with Crippen LogP contribution in [0.15, 0.2) is 42.7 Å². The second-order valence-corrected chi connectivity index (χ2v) is 6.06. The van der Waals surface area contributed by atoms with Gasteiger partial charge in [-0.3, -0.25) is 19.2 Å². The van der Waals surface area contributed by atoms with Crippen molar-refractivity contribution in [1.29, 1.82) is 0 Å². The maximum absolute atomic E-state index is 12.5. The van der Waals surface area contributed by atoms with Crippen molar-refractivity contribution in [2.75, 3.05) is 13.7 Å². The molecule has 9 heteroatoms. The fourth-order valence-corrected chi connectivity index (χ4v) is 2.87. The smallest absolute Gasteiger partial charge is 0.325 e. The maximum atomic E-state index is 12.5. The quantitative estimate of drug-likeness (QED) is 0.658. The Morgan fingerprint density at radius 1 is 1.30 bits per heavy atom. The first-order valence-electron chi connectivity index (χ1n) is 8.56. The SMILES string of the molecule is COc1ccccc1CN1C(=O)NC(CC(=O)NCCn2cccn2)C1=O. The number of hydrogen-bond donors (Lipinski definition) is 2. The molecule has 1 aliphatic heterocycles. The zero-order chi connectivity index (χ0) is 19.2. The summed E-state index contributed by atoms with van der Waals surface area (Å²) in [6.45, 7) is 1.01. The van der Waals surface area contributed by atoms with Gasteiger partial charge in [-0.1, -0.05) is 18.2 Å². The number of methoxy groups -OCH3 is 1. The number of ether oxygens (including phenoxy) is 1. The van der Waals surface area contributed by atoms with E-state index >= 15 is 0 Å². The van der Waals surface area contributed by atoms with Crippen molar-refractivity contribution in [2.24, 2.45) is 0 Å². The Bertz CT molecular complexity index is 821. The molecule has 1 saturated heterocycles. The number of amides is 4. The van der Waals surface area contributed by atoms with Gasteiger partial charge in [0, 0.05) is 24.5 Å². The number of para-hydroxylation sites is 1. The Hall–Kier alpha value is -3.36. The number of imide groups is 1. The molecule has 2 aromatic rings. The van der Waals surface area contributed by atoms with Crippen LogP contribution in [0.1, 0.15) is 12.0 Å². The summed E-state index contributed by atoms with van der Waals surface area (Å²) in [6.07, 6.45) is 3.35. The predicted octanol–water partition coefficient (Wildman–Crippen LogP) is 0.519. The first-order valence-corrected chi connectivity index (χ1v) is 8.56. The van der Waals surface area contributed by atoms with Gasteiger partial charge < -0.3 is 15.4 Å². The number of carbonyl (C=O) groups excluding carboxylic acids is 3. The summed E-state index contributed by atoms with van der Waals surface area (Å²) in [7, 11) is 1.53. The highest BCUT2D eigenvalue weighted by Crippen LogP contribution is 2.21. The van der Waals surface area contributed by atoms with E-state index in [1.165, 1.54) is 7.11 Å². The molecule has 1 aromatic heterocycles. The average molecular weight is 371 g/mol. The van der Waals surface area contributed by atoms with Crippen LogP contribution < -0.4 is 15.4 Å². The van der Waals surface area contributed by atoms with E-state index in [9.17, 15) is 14.4 Å². The van der Waals surface area contributed by atoms with E-state index in [0.29, 0.717) is 24.4 Å². The van der Waals surface area contributed by atoms with Crippen LogP contribution in [0.2, 0.25) is 0 Å². The lowest BCUT2D eigenvalue weighted by Gasteiger charge is -2.15. The zero-order valence-electron chi connectivity index (χ0n) is 14.9. The van der Waals surface area contributed by atoms with Crippen LogP contribution in [-0.4, -0.2) is 52.2 Å². The van der Waals surface area contributed by atoms with Crippen LogP contribution in [0.25, 0.3) is 0 Å². The molecule has 1 aromatic carbocycles. The number of rotatable bonds is 8. The summed E-state index contributed by atoms with van der Waals surface area (Å²) in [4.78, 5) is 37.8. The Balaban J connectivity index is 1.53. The summed E-state index contributed by atoms with van der Waals surface area (Å²) in [6, 6.07) is 7.58. The van der Waals surface area contributed by atoms with E-state index in [-0.39, 0.29) is 18.9 Å². The summed E-state index contributed by atoms with van der Waals surface area (Å²) in [5, 5.41) is 9.33. The number of benzene rings is 1. The van der Waals surface area contributed by atoms with Gasteiger partial charge in [-0.25, -0.2) is 4.79 Å². The van der Waals surface area contributed by atoms with E-state index < -0.39 is 18.0 Å². The van der Waals surface area contributed by atoms with Gasteiger partial charge in [0.1, 0.15) is 11.8 Å². The molecule has 0 radical (unpaired) electrons. The predicted molar refractivity (Wildman–Crippen MR) is 95.7 cm³/mol. The molecule has 9 nitrogen and oxygen atoms in total. The monoisotopic (exact) mass is 371 g/mol. The van der Waals surface area contributed by atoms with Gasteiger partial charge in [0.15, 0.2) is 0 Å². The average Bonchev–Trinajstić information content (AvgIpc) is 3.26. The number of nitrogens with zero attached hydrogens (tertiary/aromatic N) is 3. The van der Waals surface area contributed by atoms with Crippen molar-refractivity contribution in [3.63, 3.8) is 0 Å². The van der Waals surface area contributed by atoms with Crippen LogP contribution in [0.3, 0.4) is 0 Å². The number of aromatic nitrogens is 2. The Morgan fingerprint density at radius 3 is 2.85 bits per heavy atom. The second kappa shape index (κ2) is 8.35. The summed E-state index contributed by atoms with van der Waals surface area (Å²) in [5.41, 5.74) is 0.716. The van der Waals surface area contributed by atoms with E-state index in [4.69, 9.17) is 4.74 Å². The molecule has 1 aliphatic rings. The molecular formula is C18H21N5O4. The van der Waals surface area contributed by atoms with Crippen LogP contribution in [-0.2, 0) is 22.7 Å². The first-order chi connectivity index (χ1) is 13.1. The standard InChI is InChI=1S/C18H21N5O4/c1-27-15-6-3-2-5-13(15)12-23-17(25)14(21-18(23)26)11-16(24)19-8-10-22-9-4-7-20-22/h2-7,9,14H,8,10-12H2,1H3,(H,19,24)(H,21,26). The molecule has 2 heterocycles. The minimum Gasteiger partial charge on any atom is -0.496 e. The van der Waals surface area contributed by atoms with Crippen LogP contribution in [0.4, 0.5) is 4.79 Å². The lowest BCUT2D eigenvalue weighted by atomic mass is 10.1. The molecule has 27 heavy (non-hydrogen) atoms. The van der Waals surface area contributed by atoms with E-state index in [2.05, 4.69) is 15.7 Å². The Morgan fingerprint density at radius 2 is 2.11 bits per heavy atom. The van der Waals surface area contributed by atoms with E-state index in [1.54, 1.807) is 41.3 Å². The largest absolute Gasteiger partial charge is 0.496 e. The fourth-order valence-electron chi connectivity index (χ4n) is 2.87. The van der Waals surface area contributed by atoms with Crippen LogP contribution >= 0.6 is 0 Å². The molecule has 142 valence electrons. The topological polar surface area (TPSA) is 106 Å². The Kier molecular flexibility index (Phi) is 5.70. The maximum Gasteiger partial charge on any atom is 0.325 e. The molecule has 0 aliphatic carbocycles. The molecule has 0 bridgehead atoms. The summed E-state index contributed by atoms with van der Waals surface area (Å²) >= 11 is 0. The lowest BCUT2D eigenvalue weighted by molar-refractivity contribution is -0.131. The normalized spacial score (nSPS) is 16.3. The molecule has 0 saturated carbocycles. The second-order valence-electron chi connectivity index (χ2n) is 6.06.